The van der Waals surface area contributed by atoms with E-state index in [1.165, 1.54) is 0 Å². The molecule has 0 aliphatic rings. The maximum Gasteiger partial charge on any atom is 0.244 e. The standard InChI is InChI=1S/C19H15N5OS/c25-17(23-16-7-3-4-9-20-16)11-21-19-14-5-1-2-6-15(14)22-18(24-19)13-8-10-26-12-13/h1-10,12H,11H2,(H,20,23,25)(H,21,22,24). The highest BCUT2D eigenvalue weighted by Gasteiger charge is 2.11. The van der Waals surface area contributed by atoms with Gasteiger partial charge in [-0.3, -0.25) is 4.79 Å². The smallest absolute Gasteiger partial charge is 0.244 e. The molecule has 0 aliphatic carbocycles. The Morgan fingerprint density at radius 2 is 1.92 bits per heavy atom. The van der Waals surface area contributed by atoms with Gasteiger partial charge in [-0.25, -0.2) is 15.0 Å². The molecule has 0 unspecified atom stereocenters. The fourth-order valence-electron chi connectivity index (χ4n) is 2.52. The second-order valence-electron chi connectivity index (χ2n) is 5.54. The lowest BCUT2D eigenvalue weighted by Crippen LogP contribution is -2.22. The van der Waals surface area contributed by atoms with Gasteiger partial charge in [-0.05, 0) is 35.7 Å². The van der Waals surface area contributed by atoms with Crippen molar-refractivity contribution in [1.82, 2.24) is 15.0 Å². The fraction of sp³-hybridized carbons (Fsp3) is 0.0526. The summed E-state index contributed by atoms with van der Waals surface area (Å²) in [6, 6.07) is 15.1. The molecule has 3 heterocycles. The molecular formula is C19H15N5OS. The first-order chi connectivity index (χ1) is 12.8. The van der Waals surface area contributed by atoms with Crippen molar-refractivity contribution < 1.29 is 4.79 Å². The summed E-state index contributed by atoms with van der Waals surface area (Å²) in [7, 11) is 0. The van der Waals surface area contributed by atoms with E-state index in [4.69, 9.17) is 0 Å². The van der Waals surface area contributed by atoms with E-state index in [9.17, 15) is 4.79 Å². The van der Waals surface area contributed by atoms with Crippen molar-refractivity contribution in [2.75, 3.05) is 17.2 Å². The molecule has 0 aliphatic heterocycles. The van der Waals surface area contributed by atoms with Gasteiger partial charge in [0.15, 0.2) is 5.82 Å². The molecule has 0 saturated heterocycles. The first kappa shape index (κ1) is 16.2. The van der Waals surface area contributed by atoms with E-state index in [-0.39, 0.29) is 12.5 Å². The van der Waals surface area contributed by atoms with Gasteiger partial charge in [0, 0.05) is 22.5 Å². The van der Waals surface area contributed by atoms with Crippen molar-refractivity contribution in [2.24, 2.45) is 0 Å². The predicted molar refractivity (Wildman–Crippen MR) is 104 cm³/mol. The summed E-state index contributed by atoms with van der Waals surface area (Å²) in [5.41, 5.74) is 1.79. The number of carbonyl (C=O) groups excluding carboxylic acids is 1. The number of aromatic nitrogens is 3. The molecule has 0 fully saturated rings. The molecule has 26 heavy (non-hydrogen) atoms. The fourth-order valence-corrected chi connectivity index (χ4v) is 3.15. The molecule has 4 rings (SSSR count). The minimum Gasteiger partial charge on any atom is -0.360 e. The number of thiophene rings is 1. The normalized spacial score (nSPS) is 10.6. The number of pyridine rings is 1. The van der Waals surface area contributed by atoms with Gasteiger partial charge in [0.25, 0.3) is 0 Å². The second kappa shape index (κ2) is 7.28. The van der Waals surface area contributed by atoms with Crippen LogP contribution < -0.4 is 10.6 Å². The molecule has 3 aromatic heterocycles. The van der Waals surface area contributed by atoms with Crippen LogP contribution in [0.4, 0.5) is 11.6 Å². The van der Waals surface area contributed by atoms with Crippen LogP contribution in [-0.2, 0) is 4.79 Å². The van der Waals surface area contributed by atoms with Gasteiger partial charge >= 0.3 is 0 Å². The highest BCUT2D eigenvalue weighted by Crippen LogP contribution is 2.25. The monoisotopic (exact) mass is 361 g/mol. The van der Waals surface area contributed by atoms with Crippen LogP contribution in [0.2, 0.25) is 0 Å². The number of nitrogens with one attached hydrogen (secondary N) is 2. The number of anilines is 2. The largest absolute Gasteiger partial charge is 0.360 e. The molecule has 0 radical (unpaired) electrons. The van der Waals surface area contributed by atoms with Crippen LogP contribution in [0.3, 0.4) is 0 Å². The minimum atomic E-state index is -0.191. The molecule has 2 N–H and O–H groups in total. The number of rotatable bonds is 5. The van der Waals surface area contributed by atoms with Gasteiger partial charge in [-0.2, -0.15) is 11.3 Å². The molecule has 128 valence electrons. The first-order valence-electron chi connectivity index (χ1n) is 8.04. The number of hydrogen-bond acceptors (Lipinski definition) is 6. The summed E-state index contributed by atoms with van der Waals surface area (Å²) >= 11 is 1.59. The van der Waals surface area contributed by atoms with Crippen molar-refractivity contribution >= 4 is 39.8 Å². The van der Waals surface area contributed by atoms with Gasteiger partial charge in [-0.1, -0.05) is 18.2 Å². The third kappa shape index (κ3) is 3.52. The Balaban J connectivity index is 1.58. The number of hydrogen-bond donors (Lipinski definition) is 2. The Morgan fingerprint density at radius 1 is 1.04 bits per heavy atom. The maximum atomic E-state index is 12.2. The summed E-state index contributed by atoms with van der Waals surface area (Å²) in [4.78, 5) is 25.5. The number of amides is 1. The van der Waals surface area contributed by atoms with Gasteiger partial charge < -0.3 is 10.6 Å². The SMILES string of the molecule is O=C(CNc1nc(-c2ccsc2)nc2ccccc12)Nc1ccccn1. The summed E-state index contributed by atoms with van der Waals surface area (Å²) in [5, 5.41) is 10.7. The molecule has 0 bridgehead atoms. The summed E-state index contributed by atoms with van der Waals surface area (Å²) in [6.45, 7) is 0.0840. The lowest BCUT2D eigenvalue weighted by atomic mass is 10.2. The quantitative estimate of drug-likeness (QED) is 0.565. The number of benzene rings is 1. The van der Waals surface area contributed by atoms with Crippen molar-refractivity contribution in [3.05, 3.63) is 65.5 Å². The van der Waals surface area contributed by atoms with Gasteiger partial charge in [0.1, 0.15) is 11.6 Å². The van der Waals surface area contributed by atoms with E-state index in [0.29, 0.717) is 17.5 Å². The molecular weight excluding hydrogens is 346 g/mol. The van der Waals surface area contributed by atoms with Crippen molar-refractivity contribution in [2.45, 2.75) is 0 Å². The highest BCUT2D eigenvalue weighted by molar-refractivity contribution is 7.08. The Hall–Kier alpha value is -3.32. The maximum absolute atomic E-state index is 12.2. The zero-order valence-corrected chi connectivity index (χ0v) is 14.5. The molecule has 1 amide bonds. The van der Waals surface area contributed by atoms with E-state index in [1.54, 1.807) is 29.7 Å². The molecule has 1 aromatic carbocycles. The zero-order valence-electron chi connectivity index (χ0n) is 13.7. The highest BCUT2D eigenvalue weighted by atomic mass is 32.1. The Morgan fingerprint density at radius 3 is 2.73 bits per heavy atom. The van der Waals surface area contributed by atoms with Crippen molar-refractivity contribution in [1.29, 1.82) is 0 Å². The number of nitrogens with zero attached hydrogens (tertiary/aromatic N) is 3. The predicted octanol–water partition coefficient (Wildman–Crippen LogP) is 3.80. The lowest BCUT2D eigenvalue weighted by Gasteiger charge is -2.10. The van der Waals surface area contributed by atoms with Gasteiger partial charge in [0.05, 0.1) is 12.1 Å². The average molecular weight is 361 g/mol. The van der Waals surface area contributed by atoms with Crippen LogP contribution >= 0.6 is 11.3 Å². The molecule has 0 atom stereocenters. The minimum absolute atomic E-state index is 0.0840. The van der Waals surface area contributed by atoms with Gasteiger partial charge in [0.2, 0.25) is 5.91 Å². The van der Waals surface area contributed by atoms with Crippen LogP contribution in [0.15, 0.2) is 65.5 Å². The third-order valence-corrected chi connectivity index (χ3v) is 4.41. The topological polar surface area (TPSA) is 79.8 Å². The first-order valence-corrected chi connectivity index (χ1v) is 8.98. The lowest BCUT2D eigenvalue weighted by molar-refractivity contribution is -0.114. The second-order valence-corrected chi connectivity index (χ2v) is 6.32. The number of carbonyl (C=O) groups is 1. The Labute approximate surface area is 154 Å². The third-order valence-electron chi connectivity index (χ3n) is 3.73. The number of fused-ring (bicyclic) bond motifs is 1. The van der Waals surface area contributed by atoms with Crippen LogP contribution in [0.5, 0.6) is 0 Å². The molecule has 4 aromatic rings. The van der Waals surface area contributed by atoms with Crippen LogP contribution in [0.25, 0.3) is 22.3 Å². The van der Waals surface area contributed by atoms with Crippen LogP contribution in [-0.4, -0.2) is 27.4 Å². The van der Waals surface area contributed by atoms with Crippen molar-refractivity contribution in [3.8, 4) is 11.4 Å². The molecule has 6 nitrogen and oxygen atoms in total. The van der Waals surface area contributed by atoms with E-state index >= 15 is 0 Å². The summed E-state index contributed by atoms with van der Waals surface area (Å²) in [5.74, 6) is 1.60. The van der Waals surface area contributed by atoms with Crippen LogP contribution in [0.1, 0.15) is 0 Å². The summed E-state index contributed by atoms with van der Waals surface area (Å²) in [6.07, 6.45) is 1.63. The number of para-hydroxylation sites is 1. The van der Waals surface area contributed by atoms with Crippen LogP contribution in [0, 0.1) is 0 Å². The molecule has 0 spiro atoms. The van der Waals surface area contributed by atoms with E-state index in [1.807, 2.05) is 47.2 Å². The van der Waals surface area contributed by atoms with E-state index in [2.05, 4.69) is 25.6 Å². The Bertz CT molecular complexity index is 1030. The van der Waals surface area contributed by atoms with E-state index < -0.39 is 0 Å². The molecule has 0 saturated carbocycles. The summed E-state index contributed by atoms with van der Waals surface area (Å²) < 4.78 is 0. The van der Waals surface area contributed by atoms with Gasteiger partial charge in [-0.15, -0.1) is 0 Å². The average Bonchev–Trinajstić information content (AvgIpc) is 3.21. The Kier molecular flexibility index (Phi) is 4.53. The van der Waals surface area contributed by atoms with Crippen molar-refractivity contribution in [3.63, 3.8) is 0 Å². The van der Waals surface area contributed by atoms with E-state index in [0.717, 1.165) is 16.5 Å². The zero-order chi connectivity index (χ0) is 17.8. The molecule has 7 heteroatoms.